The average Bonchev–Trinajstić information content (AvgIpc) is 2.46. The first-order valence-corrected chi connectivity index (χ1v) is 6.71. The number of H-pyrrole nitrogens is 1. The molecule has 4 nitrogen and oxygen atoms in total. The van der Waals surface area contributed by atoms with Crippen molar-refractivity contribution in [3.63, 3.8) is 0 Å². The summed E-state index contributed by atoms with van der Waals surface area (Å²) in [5.74, 6) is 0.617. The van der Waals surface area contributed by atoms with Crippen LogP contribution in [0.2, 0.25) is 0 Å². The Morgan fingerprint density at radius 1 is 1.20 bits per heavy atom. The molecule has 1 aromatic carbocycles. The van der Waals surface area contributed by atoms with Crippen molar-refractivity contribution in [3.8, 4) is 11.4 Å². The molecular weight excluding hydrogens is 250 g/mol. The monoisotopic (exact) mass is 265 g/mol. The summed E-state index contributed by atoms with van der Waals surface area (Å²) < 4.78 is 0. The standard InChI is InChI=1S/C16H15N3O/c1-2-4-13-10-15(20)19-16(18-13)12-6-7-14-11(9-12)5-3-8-17-14/h3,5-10H,2,4H2,1H3,(H,18,19,20). The van der Waals surface area contributed by atoms with Gasteiger partial charge in [-0.25, -0.2) is 4.98 Å². The maximum absolute atomic E-state index is 11.7. The van der Waals surface area contributed by atoms with Crippen molar-refractivity contribution in [2.24, 2.45) is 0 Å². The third-order valence-electron chi connectivity index (χ3n) is 3.18. The van der Waals surface area contributed by atoms with Crippen molar-refractivity contribution >= 4 is 10.9 Å². The van der Waals surface area contributed by atoms with E-state index in [1.807, 2.05) is 30.3 Å². The van der Waals surface area contributed by atoms with E-state index in [1.54, 1.807) is 12.3 Å². The van der Waals surface area contributed by atoms with Crippen LogP contribution in [-0.2, 0) is 6.42 Å². The number of nitrogens with one attached hydrogen (secondary N) is 1. The van der Waals surface area contributed by atoms with Gasteiger partial charge in [-0.3, -0.25) is 9.78 Å². The maximum atomic E-state index is 11.7. The van der Waals surface area contributed by atoms with E-state index in [0.29, 0.717) is 5.82 Å². The number of rotatable bonds is 3. The second kappa shape index (κ2) is 5.25. The molecule has 0 amide bonds. The lowest BCUT2D eigenvalue weighted by Crippen LogP contribution is -2.10. The fraction of sp³-hybridized carbons (Fsp3) is 0.188. The van der Waals surface area contributed by atoms with E-state index in [0.717, 1.165) is 35.0 Å². The third kappa shape index (κ3) is 2.45. The molecule has 4 heteroatoms. The fourth-order valence-corrected chi connectivity index (χ4v) is 2.25. The Labute approximate surface area is 116 Å². The lowest BCUT2D eigenvalue weighted by atomic mass is 10.1. The molecule has 2 aromatic heterocycles. The quantitative estimate of drug-likeness (QED) is 0.792. The van der Waals surface area contributed by atoms with Gasteiger partial charge < -0.3 is 4.98 Å². The van der Waals surface area contributed by atoms with Gasteiger partial charge in [0.05, 0.1) is 5.52 Å². The van der Waals surface area contributed by atoms with E-state index in [4.69, 9.17) is 0 Å². The van der Waals surface area contributed by atoms with Crippen LogP contribution >= 0.6 is 0 Å². The van der Waals surface area contributed by atoms with Gasteiger partial charge in [-0.05, 0) is 30.7 Å². The second-order valence-corrected chi connectivity index (χ2v) is 4.75. The predicted octanol–water partition coefficient (Wildman–Crippen LogP) is 2.94. The molecule has 0 saturated carbocycles. The SMILES string of the molecule is CCCc1cc(=O)[nH]c(-c2ccc3ncccc3c2)n1. The molecule has 1 N–H and O–H groups in total. The maximum Gasteiger partial charge on any atom is 0.251 e. The first-order valence-electron chi connectivity index (χ1n) is 6.71. The van der Waals surface area contributed by atoms with Crippen molar-refractivity contribution in [1.29, 1.82) is 0 Å². The van der Waals surface area contributed by atoms with Gasteiger partial charge in [0, 0.05) is 28.9 Å². The average molecular weight is 265 g/mol. The van der Waals surface area contributed by atoms with Crippen LogP contribution in [-0.4, -0.2) is 15.0 Å². The van der Waals surface area contributed by atoms with Crippen LogP contribution in [0.5, 0.6) is 0 Å². The van der Waals surface area contributed by atoms with Gasteiger partial charge in [0.25, 0.3) is 5.56 Å². The van der Waals surface area contributed by atoms with Crippen LogP contribution in [0.15, 0.2) is 47.4 Å². The lowest BCUT2D eigenvalue weighted by molar-refractivity contribution is 0.870. The van der Waals surface area contributed by atoms with Crippen molar-refractivity contribution in [2.45, 2.75) is 19.8 Å². The Kier molecular flexibility index (Phi) is 3.29. The molecule has 0 unspecified atom stereocenters. The number of fused-ring (bicyclic) bond motifs is 1. The molecule has 2 heterocycles. The Morgan fingerprint density at radius 3 is 2.95 bits per heavy atom. The minimum atomic E-state index is -0.107. The van der Waals surface area contributed by atoms with Gasteiger partial charge in [0.2, 0.25) is 0 Å². The molecule has 0 aliphatic heterocycles. The lowest BCUT2D eigenvalue weighted by Gasteiger charge is -2.05. The molecule has 3 aromatic rings. The van der Waals surface area contributed by atoms with Crippen LogP contribution in [0.4, 0.5) is 0 Å². The highest BCUT2D eigenvalue weighted by molar-refractivity contribution is 5.82. The summed E-state index contributed by atoms with van der Waals surface area (Å²) in [6, 6.07) is 11.3. The fourth-order valence-electron chi connectivity index (χ4n) is 2.25. The van der Waals surface area contributed by atoms with E-state index < -0.39 is 0 Å². The summed E-state index contributed by atoms with van der Waals surface area (Å²) in [5, 5.41) is 1.04. The molecule has 0 aliphatic rings. The van der Waals surface area contributed by atoms with Crippen molar-refractivity contribution < 1.29 is 0 Å². The number of benzene rings is 1. The minimum absolute atomic E-state index is 0.107. The molecule has 0 radical (unpaired) electrons. The molecule has 0 spiro atoms. The highest BCUT2D eigenvalue weighted by atomic mass is 16.1. The van der Waals surface area contributed by atoms with Gasteiger partial charge >= 0.3 is 0 Å². The largest absolute Gasteiger partial charge is 0.307 e. The Balaban J connectivity index is 2.12. The molecule has 100 valence electrons. The molecule has 0 atom stereocenters. The Morgan fingerprint density at radius 2 is 2.10 bits per heavy atom. The molecule has 20 heavy (non-hydrogen) atoms. The molecule has 0 bridgehead atoms. The Bertz CT molecular complexity index is 808. The van der Waals surface area contributed by atoms with Crippen LogP contribution in [0.25, 0.3) is 22.3 Å². The van der Waals surface area contributed by atoms with Crippen LogP contribution in [0, 0.1) is 0 Å². The summed E-state index contributed by atoms with van der Waals surface area (Å²) in [6.45, 7) is 2.07. The summed E-state index contributed by atoms with van der Waals surface area (Å²) in [7, 11) is 0. The van der Waals surface area contributed by atoms with Crippen LogP contribution in [0.3, 0.4) is 0 Å². The van der Waals surface area contributed by atoms with Gasteiger partial charge in [0.15, 0.2) is 0 Å². The highest BCUT2D eigenvalue weighted by Crippen LogP contribution is 2.20. The number of nitrogens with zero attached hydrogens (tertiary/aromatic N) is 2. The zero-order chi connectivity index (χ0) is 13.9. The zero-order valence-electron chi connectivity index (χ0n) is 11.3. The molecule has 0 aliphatic carbocycles. The number of pyridine rings is 1. The van der Waals surface area contributed by atoms with Gasteiger partial charge in [0.1, 0.15) is 5.82 Å². The summed E-state index contributed by atoms with van der Waals surface area (Å²) >= 11 is 0. The number of hydrogen-bond acceptors (Lipinski definition) is 3. The van der Waals surface area contributed by atoms with E-state index in [9.17, 15) is 4.79 Å². The summed E-state index contributed by atoms with van der Waals surface area (Å²) in [6.07, 6.45) is 3.55. The van der Waals surface area contributed by atoms with Gasteiger partial charge in [-0.2, -0.15) is 0 Å². The first kappa shape index (κ1) is 12.5. The van der Waals surface area contributed by atoms with Crippen LogP contribution in [0.1, 0.15) is 19.0 Å². The molecule has 0 fully saturated rings. The highest BCUT2D eigenvalue weighted by Gasteiger charge is 2.05. The minimum Gasteiger partial charge on any atom is -0.307 e. The number of aromatic amines is 1. The molecular formula is C16H15N3O. The van der Waals surface area contributed by atoms with Crippen molar-refractivity contribution in [1.82, 2.24) is 15.0 Å². The number of aryl methyl sites for hydroxylation is 1. The van der Waals surface area contributed by atoms with E-state index in [2.05, 4.69) is 21.9 Å². The van der Waals surface area contributed by atoms with Crippen LogP contribution < -0.4 is 5.56 Å². The number of hydrogen-bond donors (Lipinski definition) is 1. The van der Waals surface area contributed by atoms with E-state index >= 15 is 0 Å². The third-order valence-corrected chi connectivity index (χ3v) is 3.18. The van der Waals surface area contributed by atoms with Crippen molar-refractivity contribution in [3.05, 3.63) is 58.6 Å². The predicted molar refractivity (Wildman–Crippen MR) is 79.6 cm³/mol. The Hall–Kier alpha value is -2.49. The smallest absolute Gasteiger partial charge is 0.251 e. The van der Waals surface area contributed by atoms with Crippen molar-refractivity contribution in [2.75, 3.05) is 0 Å². The topological polar surface area (TPSA) is 58.6 Å². The van der Waals surface area contributed by atoms with E-state index in [-0.39, 0.29) is 5.56 Å². The molecule has 0 saturated heterocycles. The van der Waals surface area contributed by atoms with Gasteiger partial charge in [-0.1, -0.05) is 19.4 Å². The number of aromatic nitrogens is 3. The normalized spacial score (nSPS) is 10.8. The second-order valence-electron chi connectivity index (χ2n) is 4.75. The first-order chi connectivity index (χ1) is 9.76. The summed E-state index contributed by atoms with van der Waals surface area (Å²) in [4.78, 5) is 23.3. The van der Waals surface area contributed by atoms with Gasteiger partial charge in [-0.15, -0.1) is 0 Å². The zero-order valence-corrected chi connectivity index (χ0v) is 11.3. The summed E-state index contributed by atoms with van der Waals surface area (Å²) in [5.41, 5.74) is 2.56. The molecule has 3 rings (SSSR count). The van der Waals surface area contributed by atoms with E-state index in [1.165, 1.54) is 0 Å².